The predicted octanol–water partition coefficient (Wildman–Crippen LogP) is 2.09. The van der Waals surface area contributed by atoms with Crippen molar-refractivity contribution >= 4 is 33.2 Å². The summed E-state index contributed by atoms with van der Waals surface area (Å²) in [5.74, 6) is -1.42. The first-order valence-corrected chi connectivity index (χ1v) is 11.4. The second-order valence-corrected chi connectivity index (χ2v) is 8.99. The maximum Gasteiger partial charge on any atom is 0.313 e. The summed E-state index contributed by atoms with van der Waals surface area (Å²) in [6, 6.07) is 14.9. The van der Waals surface area contributed by atoms with E-state index in [1.807, 2.05) is 30.3 Å². The van der Waals surface area contributed by atoms with Gasteiger partial charge in [-0.15, -0.1) is 0 Å². The molecule has 2 amide bonds. The van der Waals surface area contributed by atoms with Crippen LogP contribution in [0.25, 0.3) is 0 Å². The lowest BCUT2D eigenvalue weighted by molar-refractivity contribution is -0.136. The van der Waals surface area contributed by atoms with E-state index in [9.17, 15) is 18.0 Å². The van der Waals surface area contributed by atoms with Gasteiger partial charge < -0.3 is 10.6 Å². The van der Waals surface area contributed by atoms with Gasteiger partial charge in [0.25, 0.3) is 0 Å². The van der Waals surface area contributed by atoms with Crippen LogP contribution in [0.4, 0.5) is 11.4 Å². The normalized spacial score (nSPS) is 13.5. The number of aryl methyl sites for hydroxylation is 2. The largest absolute Gasteiger partial charge is 0.348 e. The van der Waals surface area contributed by atoms with E-state index in [4.69, 9.17) is 0 Å². The summed E-state index contributed by atoms with van der Waals surface area (Å²) in [6.45, 7) is 0.859. The van der Waals surface area contributed by atoms with E-state index in [0.29, 0.717) is 30.9 Å². The Balaban J connectivity index is 1.53. The van der Waals surface area contributed by atoms with Crippen LogP contribution in [-0.4, -0.2) is 39.6 Å². The molecule has 2 aromatic carbocycles. The minimum atomic E-state index is -3.34. The van der Waals surface area contributed by atoms with Gasteiger partial charge in [-0.05, 0) is 55.0 Å². The Morgan fingerprint density at radius 3 is 2.55 bits per heavy atom. The van der Waals surface area contributed by atoms with Crippen molar-refractivity contribution in [2.75, 3.05) is 29.0 Å². The molecule has 1 aliphatic rings. The molecule has 8 heteroatoms. The zero-order valence-corrected chi connectivity index (χ0v) is 17.2. The third-order valence-electron chi connectivity index (χ3n) is 4.79. The molecule has 2 N–H and O–H groups in total. The number of rotatable bonds is 6. The number of benzene rings is 2. The van der Waals surface area contributed by atoms with Crippen LogP contribution in [0.5, 0.6) is 0 Å². The highest BCUT2D eigenvalue weighted by Crippen LogP contribution is 2.31. The first-order valence-electron chi connectivity index (χ1n) is 9.58. The van der Waals surface area contributed by atoms with E-state index in [2.05, 4.69) is 10.6 Å². The molecule has 154 valence electrons. The monoisotopic (exact) mass is 415 g/mol. The molecule has 0 radical (unpaired) electrons. The van der Waals surface area contributed by atoms with Gasteiger partial charge in [-0.25, -0.2) is 8.42 Å². The summed E-state index contributed by atoms with van der Waals surface area (Å²) in [6.07, 6.45) is 4.17. The van der Waals surface area contributed by atoms with Gasteiger partial charge in [0.15, 0.2) is 0 Å². The molecule has 0 saturated heterocycles. The van der Waals surface area contributed by atoms with Crippen molar-refractivity contribution in [3.8, 4) is 0 Å². The smallest absolute Gasteiger partial charge is 0.313 e. The molecule has 0 aliphatic carbocycles. The van der Waals surface area contributed by atoms with E-state index in [1.165, 1.54) is 16.1 Å². The van der Waals surface area contributed by atoms with Crippen molar-refractivity contribution in [3.05, 3.63) is 59.7 Å². The number of nitrogens with zero attached hydrogens (tertiary/aromatic N) is 1. The van der Waals surface area contributed by atoms with Crippen molar-refractivity contribution in [3.63, 3.8) is 0 Å². The molecule has 0 fully saturated rings. The van der Waals surface area contributed by atoms with E-state index in [-0.39, 0.29) is 0 Å². The lowest BCUT2D eigenvalue weighted by Crippen LogP contribution is -2.36. The Hall–Kier alpha value is -2.87. The van der Waals surface area contributed by atoms with Gasteiger partial charge >= 0.3 is 11.8 Å². The Labute approximate surface area is 171 Å². The van der Waals surface area contributed by atoms with Gasteiger partial charge in [0.2, 0.25) is 10.0 Å². The highest BCUT2D eigenvalue weighted by atomic mass is 32.2. The van der Waals surface area contributed by atoms with Gasteiger partial charge in [-0.3, -0.25) is 13.9 Å². The maximum atomic E-state index is 12.1. The van der Waals surface area contributed by atoms with E-state index >= 15 is 0 Å². The molecule has 29 heavy (non-hydrogen) atoms. The average molecular weight is 416 g/mol. The van der Waals surface area contributed by atoms with Crippen LogP contribution in [0.2, 0.25) is 0 Å². The Morgan fingerprint density at radius 2 is 1.83 bits per heavy atom. The van der Waals surface area contributed by atoms with E-state index in [1.54, 1.807) is 18.2 Å². The third kappa shape index (κ3) is 5.57. The molecule has 7 nitrogen and oxygen atoms in total. The van der Waals surface area contributed by atoms with Crippen molar-refractivity contribution < 1.29 is 18.0 Å². The van der Waals surface area contributed by atoms with Gasteiger partial charge in [0.1, 0.15) is 0 Å². The molecule has 0 unspecified atom stereocenters. The summed E-state index contributed by atoms with van der Waals surface area (Å²) in [5.41, 5.74) is 3.12. The standard InChI is InChI=1S/C21H25N3O4S/c1-29(27,28)24-14-6-10-17-15-18(11-12-19(17)24)23-21(26)20(25)22-13-5-9-16-7-3-2-4-8-16/h2-4,7-8,11-12,15H,5-6,9-10,13-14H2,1H3,(H,22,25)(H,23,26). The van der Waals surface area contributed by atoms with Gasteiger partial charge in [-0.1, -0.05) is 30.3 Å². The van der Waals surface area contributed by atoms with Crippen LogP contribution < -0.4 is 14.9 Å². The highest BCUT2D eigenvalue weighted by molar-refractivity contribution is 7.92. The summed E-state index contributed by atoms with van der Waals surface area (Å²) >= 11 is 0. The van der Waals surface area contributed by atoms with Crippen LogP contribution in [0.15, 0.2) is 48.5 Å². The van der Waals surface area contributed by atoms with Crippen LogP contribution >= 0.6 is 0 Å². The summed E-state index contributed by atoms with van der Waals surface area (Å²) in [7, 11) is -3.34. The summed E-state index contributed by atoms with van der Waals surface area (Å²) in [5, 5.41) is 5.21. The van der Waals surface area contributed by atoms with E-state index < -0.39 is 21.8 Å². The maximum absolute atomic E-state index is 12.1. The number of carbonyl (C=O) groups is 2. The second-order valence-electron chi connectivity index (χ2n) is 7.08. The SMILES string of the molecule is CS(=O)(=O)N1CCCc2cc(NC(=O)C(=O)NCCCc3ccccc3)ccc21. The van der Waals surface area contributed by atoms with Crippen molar-refractivity contribution in [2.24, 2.45) is 0 Å². The molecule has 1 aliphatic heterocycles. The number of fused-ring (bicyclic) bond motifs is 1. The first kappa shape index (κ1) is 20.9. The lowest BCUT2D eigenvalue weighted by atomic mass is 10.0. The molecule has 3 rings (SSSR count). The minimum absolute atomic E-state index is 0.411. The molecular formula is C21H25N3O4S. The van der Waals surface area contributed by atoms with Gasteiger partial charge in [0.05, 0.1) is 11.9 Å². The predicted molar refractivity (Wildman–Crippen MR) is 113 cm³/mol. The number of hydrogen-bond donors (Lipinski definition) is 2. The first-order chi connectivity index (χ1) is 13.8. The number of hydrogen-bond acceptors (Lipinski definition) is 4. The fraction of sp³-hybridized carbons (Fsp3) is 0.333. The molecule has 1 heterocycles. The number of amides is 2. The highest BCUT2D eigenvalue weighted by Gasteiger charge is 2.24. The number of nitrogens with one attached hydrogen (secondary N) is 2. The summed E-state index contributed by atoms with van der Waals surface area (Å²) in [4.78, 5) is 24.2. The van der Waals surface area contributed by atoms with Crippen LogP contribution in [0.1, 0.15) is 24.0 Å². The molecule has 0 bridgehead atoms. The van der Waals surface area contributed by atoms with Crippen molar-refractivity contribution in [2.45, 2.75) is 25.7 Å². The second kappa shape index (κ2) is 9.09. The van der Waals surface area contributed by atoms with Gasteiger partial charge in [-0.2, -0.15) is 0 Å². The molecule has 0 aromatic heterocycles. The van der Waals surface area contributed by atoms with Crippen LogP contribution in [0, 0.1) is 0 Å². The minimum Gasteiger partial charge on any atom is -0.348 e. The molecule has 0 spiro atoms. The lowest BCUT2D eigenvalue weighted by Gasteiger charge is -2.29. The Kier molecular flexibility index (Phi) is 6.53. The van der Waals surface area contributed by atoms with Crippen LogP contribution in [0.3, 0.4) is 0 Å². The average Bonchev–Trinajstić information content (AvgIpc) is 2.70. The number of sulfonamides is 1. The van der Waals surface area contributed by atoms with Crippen molar-refractivity contribution in [1.29, 1.82) is 0 Å². The zero-order chi connectivity index (χ0) is 20.9. The molecule has 0 saturated carbocycles. The Morgan fingerprint density at radius 1 is 1.07 bits per heavy atom. The molecular weight excluding hydrogens is 390 g/mol. The quantitative estimate of drug-likeness (QED) is 0.558. The molecule has 2 aromatic rings. The fourth-order valence-electron chi connectivity index (χ4n) is 3.39. The third-order valence-corrected chi connectivity index (χ3v) is 5.97. The molecule has 0 atom stereocenters. The van der Waals surface area contributed by atoms with E-state index in [0.717, 1.165) is 24.8 Å². The van der Waals surface area contributed by atoms with Gasteiger partial charge in [0, 0.05) is 18.8 Å². The van der Waals surface area contributed by atoms with Crippen LogP contribution in [-0.2, 0) is 32.5 Å². The fourth-order valence-corrected chi connectivity index (χ4v) is 4.39. The Bertz CT molecular complexity index is 990. The number of carbonyl (C=O) groups excluding carboxylic acids is 2. The topological polar surface area (TPSA) is 95.6 Å². The number of anilines is 2. The summed E-state index contributed by atoms with van der Waals surface area (Å²) < 4.78 is 25.2. The van der Waals surface area contributed by atoms with Crippen molar-refractivity contribution in [1.82, 2.24) is 5.32 Å². The zero-order valence-electron chi connectivity index (χ0n) is 16.3.